The Labute approximate surface area is 193 Å². The fourth-order valence-corrected chi connectivity index (χ4v) is 10.7. The Morgan fingerprint density at radius 3 is 0.900 bits per heavy atom. The van der Waals surface area contributed by atoms with Crippen molar-refractivity contribution >= 4 is 37.1 Å². The van der Waals surface area contributed by atoms with Crippen LogP contribution in [0, 0.1) is 6.92 Å². The second-order valence-electron chi connectivity index (χ2n) is 6.85. The second kappa shape index (κ2) is 11.6. The van der Waals surface area contributed by atoms with Crippen molar-refractivity contribution in [2.24, 2.45) is 0 Å². The van der Waals surface area contributed by atoms with E-state index in [4.69, 9.17) is 0 Å². The summed E-state index contributed by atoms with van der Waals surface area (Å²) < 4.78 is 0. The van der Waals surface area contributed by atoms with E-state index in [2.05, 4.69) is 128 Å². The minimum Gasteiger partial charge on any atom is -0.342 e. The van der Waals surface area contributed by atoms with E-state index in [0.29, 0.717) is 5.40 Å². The van der Waals surface area contributed by atoms with E-state index in [-0.39, 0.29) is 16.5 Å². The average Bonchev–Trinajstić information content (AvgIpc) is 2.81. The Bertz CT molecular complexity index is 830. The van der Waals surface area contributed by atoms with Crippen LogP contribution < -0.4 is 21.2 Å². The quantitative estimate of drug-likeness (QED) is 0.182. The predicted molar refractivity (Wildman–Crippen MR) is 132 cm³/mol. The molecule has 0 aliphatic carbocycles. The van der Waals surface area contributed by atoms with E-state index in [1.807, 2.05) is 0 Å². The molecule has 0 saturated carbocycles. The molecular weight excluding hydrogens is 445 g/mol. The van der Waals surface area contributed by atoms with E-state index in [0.717, 1.165) is 6.42 Å². The molecule has 0 aromatic heterocycles. The minimum atomic E-state index is -0.535. The molecule has 0 nitrogen and oxygen atoms in total. The summed E-state index contributed by atoms with van der Waals surface area (Å²) in [5, 5.41) is 6.20. The van der Waals surface area contributed by atoms with Crippen LogP contribution in [0.3, 0.4) is 0 Å². The van der Waals surface area contributed by atoms with Gasteiger partial charge >= 0.3 is 0 Å². The van der Waals surface area contributed by atoms with Crippen molar-refractivity contribution < 1.29 is 16.5 Å². The van der Waals surface area contributed by atoms with E-state index in [9.17, 15) is 0 Å². The zero-order chi connectivity index (χ0) is 19.9. The molecule has 0 fully saturated rings. The summed E-state index contributed by atoms with van der Waals surface area (Å²) in [6.07, 6.45) is 0.908. The number of hydrogen-bond donors (Lipinski definition) is 0. The van der Waals surface area contributed by atoms with Gasteiger partial charge < -0.3 is 6.92 Å². The Morgan fingerprint density at radius 2 is 0.700 bits per heavy atom. The van der Waals surface area contributed by atoms with Gasteiger partial charge in [0.2, 0.25) is 0 Å². The van der Waals surface area contributed by atoms with Gasteiger partial charge in [-0.3, -0.25) is 0 Å². The van der Waals surface area contributed by atoms with E-state index in [1.165, 1.54) is 21.2 Å². The molecule has 0 aliphatic heterocycles. The average molecular weight is 470 g/mol. The van der Waals surface area contributed by atoms with Crippen LogP contribution in [0.1, 0.15) is 6.42 Å². The van der Waals surface area contributed by atoms with Crippen LogP contribution in [0.4, 0.5) is 0 Å². The van der Waals surface area contributed by atoms with Gasteiger partial charge in [-0.2, -0.15) is 6.42 Å². The van der Waals surface area contributed by atoms with E-state index < -0.39 is 15.8 Å². The molecular formula is C27H25NiP2-. The van der Waals surface area contributed by atoms with Gasteiger partial charge in [-0.25, -0.2) is 0 Å². The molecule has 154 valence electrons. The molecule has 4 aromatic carbocycles. The van der Waals surface area contributed by atoms with Crippen LogP contribution in [0.5, 0.6) is 0 Å². The van der Waals surface area contributed by atoms with Gasteiger partial charge in [0, 0.05) is 16.5 Å². The summed E-state index contributed by atoms with van der Waals surface area (Å²) in [5.74, 6) is 0. The number of hydrogen-bond acceptors (Lipinski definition) is 0. The molecule has 0 atom stereocenters. The summed E-state index contributed by atoms with van der Waals surface area (Å²) >= 11 is 0. The fourth-order valence-electron chi connectivity index (χ4n) is 3.71. The molecule has 30 heavy (non-hydrogen) atoms. The summed E-state index contributed by atoms with van der Waals surface area (Å²) in [6, 6.07) is 44.2. The van der Waals surface area contributed by atoms with Crippen LogP contribution in [0.25, 0.3) is 0 Å². The van der Waals surface area contributed by atoms with Crippen molar-refractivity contribution in [3.05, 3.63) is 128 Å². The van der Waals surface area contributed by atoms with Crippen LogP contribution in [-0.4, -0.2) is 5.40 Å². The van der Waals surface area contributed by atoms with Crippen molar-refractivity contribution in [1.29, 1.82) is 0 Å². The van der Waals surface area contributed by atoms with Crippen molar-refractivity contribution in [2.45, 2.75) is 11.8 Å². The minimum absolute atomic E-state index is 0. The van der Waals surface area contributed by atoms with Gasteiger partial charge in [0.05, 0.1) is 0 Å². The smallest absolute Gasteiger partial charge is 0 e. The summed E-state index contributed by atoms with van der Waals surface area (Å²) in [4.78, 5) is 0. The monoisotopic (exact) mass is 469 g/mol. The SMILES string of the molecule is [CH2-]CC(P(c1ccccc1)c1ccccc1)P(c1ccccc1)c1ccccc1.[Ni]. The molecule has 0 saturated heterocycles. The van der Waals surface area contributed by atoms with Gasteiger partial charge in [0.15, 0.2) is 0 Å². The first-order valence-electron chi connectivity index (χ1n) is 9.96. The van der Waals surface area contributed by atoms with E-state index >= 15 is 0 Å². The maximum Gasteiger partial charge on any atom is 0 e. The van der Waals surface area contributed by atoms with Crippen LogP contribution in [-0.2, 0) is 16.5 Å². The molecule has 4 rings (SSSR count). The van der Waals surface area contributed by atoms with Crippen molar-refractivity contribution in [3.8, 4) is 0 Å². The van der Waals surface area contributed by atoms with Gasteiger partial charge in [0.25, 0.3) is 0 Å². The largest absolute Gasteiger partial charge is 0.342 e. The third-order valence-electron chi connectivity index (χ3n) is 4.99. The summed E-state index contributed by atoms with van der Waals surface area (Å²) in [5.41, 5.74) is 0. The second-order valence-corrected chi connectivity index (χ2v) is 12.1. The molecule has 0 amide bonds. The van der Waals surface area contributed by atoms with Crippen LogP contribution >= 0.6 is 15.8 Å². The van der Waals surface area contributed by atoms with Crippen molar-refractivity contribution in [3.63, 3.8) is 0 Å². The number of rotatable bonds is 7. The maximum atomic E-state index is 4.46. The Balaban J connectivity index is 0.00000256. The first-order chi connectivity index (χ1) is 14.4. The first kappa shape index (κ1) is 22.9. The molecule has 0 unspecified atom stereocenters. The van der Waals surface area contributed by atoms with Crippen LogP contribution in [0.15, 0.2) is 121 Å². The molecule has 3 heteroatoms. The maximum absolute atomic E-state index is 4.46. The van der Waals surface area contributed by atoms with Gasteiger partial charge in [0.1, 0.15) is 0 Å². The van der Waals surface area contributed by atoms with Gasteiger partial charge in [-0.1, -0.05) is 121 Å². The topological polar surface area (TPSA) is 0 Å². The van der Waals surface area contributed by atoms with Gasteiger partial charge in [-0.05, 0) is 42.5 Å². The van der Waals surface area contributed by atoms with Crippen molar-refractivity contribution in [2.75, 3.05) is 0 Å². The predicted octanol–water partition coefficient (Wildman–Crippen LogP) is 5.80. The first-order valence-corrected chi connectivity index (χ1v) is 12.8. The van der Waals surface area contributed by atoms with Crippen LogP contribution in [0.2, 0.25) is 0 Å². The Hall–Kier alpha value is -1.77. The Kier molecular flexibility index (Phi) is 8.84. The zero-order valence-electron chi connectivity index (χ0n) is 16.7. The third kappa shape index (κ3) is 5.28. The summed E-state index contributed by atoms with van der Waals surface area (Å²) in [7, 11) is -1.07. The molecule has 0 N–H and O–H groups in total. The number of benzene rings is 4. The molecule has 0 radical (unpaired) electrons. The van der Waals surface area contributed by atoms with E-state index in [1.54, 1.807) is 0 Å². The van der Waals surface area contributed by atoms with Crippen molar-refractivity contribution in [1.82, 2.24) is 0 Å². The third-order valence-corrected chi connectivity index (χ3v) is 11.5. The molecule has 4 aromatic rings. The van der Waals surface area contributed by atoms with Gasteiger partial charge in [-0.15, -0.1) is 0 Å². The summed E-state index contributed by atoms with van der Waals surface area (Å²) in [6.45, 7) is 4.46. The normalized spacial score (nSPS) is 10.9. The molecule has 0 spiro atoms. The standard InChI is InChI=1S/C27H25P2.Ni/c1-2-27(28(23-15-7-3-8-16-23)24-17-9-4-10-18-24)29(25-19-11-5-12-20-25)26-21-13-6-14-22-26;/h3-22,27H,1-2H2;/q-1;. The fraction of sp³-hybridized carbons (Fsp3) is 0.0741. The molecule has 0 bridgehead atoms. The molecule has 0 aliphatic rings. The zero-order valence-corrected chi connectivity index (χ0v) is 19.5. The molecule has 0 heterocycles. The Morgan fingerprint density at radius 1 is 0.467 bits per heavy atom.